The number of carbonyl (C=O) groups excluding carboxylic acids is 1. The molecule has 1 fully saturated rings. The number of hydrogen-bond donors (Lipinski definition) is 1. The number of aromatic nitrogens is 3. The van der Waals surface area contributed by atoms with Crippen molar-refractivity contribution in [3.05, 3.63) is 29.2 Å². The Kier molecular flexibility index (Phi) is 4.91. The van der Waals surface area contributed by atoms with Gasteiger partial charge in [-0.15, -0.1) is 0 Å². The highest BCUT2D eigenvalue weighted by atomic mass is 16.1. The largest absolute Gasteiger partial charge is 0.351 e. The van der Waals surface area contributed by atoms with E-state index in [1.807, 2.05) is 10.7 Å². The van der Waals surface area contributed by atoms with Gasteiger partial charge in [0.2, 0.25) is 0 Å². The van der Waals surface area contributed by atoms with Gasteiger partial charge in [-0.3, -0.25) is 9.69 Å². The van der Waals surface area contributed by atoms with Gasteiger partial charge >= 0.3 is 0 Å². The Balaban J connectivity index is 1.41. The van der Waals surface area contributed by atoms with Crippen molar-refractivity contribution in [3.8, 4) is 0 Å². The van der Waals surface area contributed by atoms with Gasteiger partial charge in [0, 0.05) is 51.2 Å². The van der Waals surface area contributed by atoms with E-state index in [2.05, 4.69) is 39.2 Å². The summed E-state index contributed by atoms with van der Waals surface area (Å²) in [5.41, 5.74) is 3.73. The van der Waals surface area contributed by atoms with Crippen LogP contribution >= 0.6 is 0 Å². The molecule has 0 spiro atoms. The van der Waals surface area contributed by atoms with Gasteiger partial charge in [0.05, 0.1) is 6.20 Å². The fourth-order valence-electron chi connectivity index (χ4n) is 3.97. The minimum atomic E-state index is -0.0780. The molecule has 0 bridgehead atoms. The van der Waals surface area contributed by atoms with E-state index < -0.39 is 0 Å². The van der Waals surface area contributed by atoms with Crippen molar-refractivity contribution in [2.75, 3.05) is 46.3 Å². The first-order valence-electron chi connectivity index (χ1n) is 9.65. The summed E-state index contributed by atoms with van der Waals surface area (Å²) in [6, 6.07) is 0. The number of aryl methyl sites for hydroxylation is 1. The van der Waals surface area contributed by atoms with Gasteiger partial charge in [-0.2, -0.15) is 5.10 Å². The SMILES string of the molecule is CC1CCc2c(cnc3c(C(=O)NCCN4CCN(C)CC4)cnn23)C1. The number of amides is 1. The summed E-state index contributed by atoms with van der Waals surface area (Å²) in [5.74, 6) is 0.611. The van der Waals surface area contributed by atoms with Crippen molar-refractivity contribution in [2.24, 2.45) is 5.92 Å². The molecule has 140 valence electrons. The molecule has 2 aromatic rings. The summed E-state index contributed by atoms with van der Waals surface area (Å²) in [6.45, 7) is 8.13. The third-order valence-corrected chi connectivity index (χ3v) is 5.71. The first-order chi connectivity index (χ1) is 12.6. The smallest absolute Gasteiger partial charge is 0.256 e. The van der Waals surface area contributed by atoms with E-state index in [4.69, 9.17) is 0 Å². The molecule has 1 aliphatic heterocycles. The van der Waals surface area contributed by atoms with Crippen LogP contribution in [-0.2, 0) is 12.8 Å². The van der Waals surface area contributed by atoms with Crippen LogP contribution in [0.25, 0.3) is 5.65 Å². The third-order valence-electron chi connectivity index (χ3n) is 5.71. The summed E-state index contributed by atoms with van der Waals surface area (Å²) in [4.78, 5) is 21.9. The van der Waals surface area contributed by atoms with Crippen LogP contribution in [0.3, 0.4) is 0 Å². The van der Waals surface area contributed by atoms with E-state index in [0.717, 1.165) is 45.6 Å². The molecular formula is C19H28N6O. The molecule has 1 N–H and O–H groups in total. The number of likely N-dealkylation sites (N-methyl/N-ethyl adjacent to an activating group) is 1. The van der Waals surface area contributed by atoms with Gasteiger partial charge in [-0.25, -0.2) is 9.50 Å². The van der Waals surface area contributed by atoms with Gasteiger partial charge in [-0.05, 0) is 37.8 Å². The minimum Gasteiger partial charge on any atom is -0.351 e. The zero-order valence-electron chi connectivity index (χ0n) is 15.7. The minimum absolute atomic E-state index is 0.0780. The monoisotopic (exact) mass is 356 g/mol. The standard InChI is InChI=1S/C19H28N6O/c1-14-3-4-17-15(11-14)12-21-18-16(13-22-25(17)18)19(26)20-5-6-24-9-7-23(2)8-10-24/h12-14H,3-11H2,1-2H3,(H,20,26). The average Bonchev–Trinajstić information content (AvgIpc) is 3.07. The summed E-state index contributed by atoms with van der Waals surface area (Å²) in [7, 11) is 2.15. The average molecular weight is 356 g/mol. The lowest BCUT2D eigenvalue weighted by atomic mass is 9.89. The molecule has 0 radical (unpaired) electrons. The molecule has 7 nitrogen and oxygen atoms in total. The Morgan fingerprint density at radius 2 is 2.08 bits per heavy atom. The van der Waals surface area contributed by atoms with Crippen LogP contribution in [0.4, 0.5) is 0 Å². The fourth-order valence-corrected chi connectivity index (χ4v) is 3.97. The molecule has 3 heterocycles. The van der Waals surface area contributed by atoms with Gasteiger partial charge in [0.1, 0.15) is 5.56 Å². The predicted molar refractivity (Wildman–Crippen MR) is 100 cm³/mol. The van der Waals surface area contributed by atoms with Crippen molar-refractivity contribution >= 4 is 11.6 Å². The number of nitrogens with zero attached hydrogens (tertiary/aromatic N) is 5. The second-order valence-corrected chi connectivity index (χ2v) is 7.77. The predicted octanol–water partition coefficient (Wildman–Crippen LogP) is 0.831. The highest BCUT2D eigenvalue weighted by Crippen LogP contribution is 2.25. The van der Waals surface area contributed by atoms with Crippen LogP contribution in [-0.4, -0.2) is 76.6 Å². The lowest BCUT2D eigenvalue weighted by Crippen LogP contribution is -2.46. The molecule has 2 aromatic heterocycles. The van der Waals surface area contributed by atoms with E-state index in [0.29, 0.717) is 23.7 Å². The Labute approximate surface area is 154 Å². The lowest BCUT2D eigenvalue weighted by Gasteiger charge is -2.32. The molecule has 0 saturated carbocycles. The number of piperazine rings is 1. The molecule has 0 aromatic carbocycles. The van der Waals surface area contributed by atoms with Crippen molar-refractivity contribution in [1.29, 1.82) is 0 Å². The molecule has 7 heteroatoms. The van der Waals surface area contributed by atoms with Crippen LogP contribution in [0.5, 0.6) is 0 Å². The normalized spacial score (nSPS) is 21.7. The van der Waals surface area contributed by atoms with Crippen LogP contribution in [0.2, 0.25) is 0 Å². The van der Waals surface area contributed by atoms with Crippen LogP contribution in [0, 0.1) is 5.92 Å². The zero-order chi connectivity index (χ0) is 18.1. The van der Waals surface area contributed by atoms with E-state index in [-0.39, 0.29) is 5.91 Å². The Hall–Kier alpha value is -1.99. The second-order valence-electron chi connectivity index (χ2n) is 7.77. The van der Waals surface area contributed by atoms with Crippen LogP contribution < -0.4 is 5.32 Å². The Morgan fingerprint density at radius 1 is 1.27 bits per heavy atom. The first-order valence-corrected chi connectivity index (χ1v) is 9.65. The molecule has 26 heavy (non-hydrogen) atoms. The van der Waals surface area contributed by atoms with E-state index >= 15 is 0 Å². The van der Waals surface area contributed by atoms with E-state index in [1.165, 1.54) is 17.7 Å². The number of rotatable bonds is 4. The summed E-state index contributed by atoms with van der Waals surface area (Å²) < 4.78 is 1.87. The molecule has 1 saturated heterocycles. The van der Waals surface area contributed by atoms with Crippen molar-refractivity contribution in [1.82, 2.24) is 29.7 Å². The Morgan fingerprint density at radius 3 is 2.88 bits per heavy atom. The third kappa shape index (κ3) is 3.46. The first kappa shape index (κ1) is 17.4. The molecular weight excluding hydrogens is 328 g/mol. The molecule has 1 aliphatic carbocycles. The topological polar surface area (TPSA) is 65.8 Å². The zero-order valence-corrected chi connectivity index (χ0v) is 15.7. The molecule has 1 amide bonds. The molecule has 4 rings (SSSR count). The highest BCUT2D eigenvalue weighted by Gasteiger charge is 2.22. The number of fused-ring (bicyclic) bond motifs is 3. The Bertz CT molecular complexity index is 793. The van der Waals surface area contributed by atoms with Gasteiger partial charge < -0.3 is 10.2 Å². The summed E-state index contributed by atoms with van der Waals surface area (Å²) in [6.07, 6.45) is 6.81. The number of carbonyl (C=O) groups is 1. The number of hydrogen-bond acceptors (Lipinski definition) is 5. The van der Waals surface area contributed by atoms with Crippen molar-refractivity contribution in [2.45, 2.75) is 26.2 Å². The molecule has 2 aliphatic rings. The summed E-state index contributed by atoms with van der Waals surface area (Å²) in [5, 5.41) is 7.50. The fraction of sp³-hybridized carbons (Fsp3) is 0.632. The van der Waals surface area contributed by atoms with Gasteiger partial charge in [0.15, 0.2) is 5.65 Å². The molecule has 1 atom stereocenters. The van der Waals surface area contributed by atoms with E-state index in [9.17, 15) is 4.79 Å². The maximum Gasteiger partial charge on any atom is 0.256 e. The van der Waals surface area contributed by atoms with Crippen LogP contribution in [0.1, 0.15) is 35.0 Å². The van der Waals surface area contributed by atoms with Gasteiger partial charge in [-0.1, -0.05) is 6.92 Å². The maximum absolute atomic E-state index is 12.6. The van der Waals surface area contributed by atoms with E-state index in [1.54, 1.807) is 6.20 Å². The van der Waals surface area contributed by atoms with Gasteiger partial charge in [0.25, 0.3) is 5.91 Å². The highest BCUT2D eigenvalue weighted by molar-refractivity contribution is 5.99. The second kappa shape index (κ2) is 7.32. The quantitative estimate of drug-likeness (QED) is 0.879. The lowest BCUT2D eigenvalue weighted by molar-refractivity contribution is 0.0942. The molecule has 1 unspecified atom stereocenters. The van der Waals surface area contributed by atoms with Crippen LogP contribution in [0.15, 0.2) is 12.4 Å². The van der Waals surface area contributed by atoms with Crippen molar-refractivity contribution < 1.29 is 4.79 Å². The maximum atomic E-state index is 12.6. The summed E-state index contributed by atoms with van der Waals surface area (Å²) >= 11 is 0. The number of nitrogens with one attached hydrogen (secondary N) is 1. The van der Waals surface area contributed by atoms with Crippen molar-refractivity contribution in [3.63, 3.8) is 0 Å².